The third kappa shape index (κ3) is 933. The standard InChI is InChI=1S/26Na.7H2O4S.26H/c;;;;;;;;;;;;;;;;;;;;;;;;;;7*1-5(2,3)4;;;;;;;;;;;;;;;;;;;;;;;;;;/h;;;;;;;;;;;;;;;;;;;;;;;;;;7*(H2,1,2,3,4);;;;;;;;;;;;;;;;;;;;;;;;;;. The molecule has 14 N–H and O–H groups in total. The average molecular weight is 1310 g/mol. The monoisotopic (exact) mass is 1310 g/mol. The van der Waals surface area contributed by atoms with Gasteiger partial charge in [0.1, 0.15) is 0 Å². The van der Waals surface area contributed by atoms with Gasteiger partial charge in [0.2, 0.25) is 0 Å². The Bertz CT molecular complexity index is 963. The van der Waals surface area contributed by atoms with E-state index in [1.54, 1.807) is 0 Å². The first-order chi connectivity index (χ1) is 14.0. The van der Waals surface area contributed by atoms with E-state index in [0.29, 0.717) is 0 Å². The van der Waals surface area contributed by atoms with Crippen LogP contribution in [0.1, 0.15) is 0 Å². The van der Waals surface area contributed by atoms with E-state index < -0.39 is 72.8 Å². The molecule has 0 spiro atoms. The van der Waals surface area contributed by atoms with Crippen LogP contribution < -0.4 is 0 Å². The third-order valence-electron chi connectivity index (χ3n) is 0. The summed E-state index contributed by atoms with van der Waals surface area (Å²) in [7, 11) is -32.7. The molecule has 0 fully saturated rings. The fourth-order valence-corrected chi connectivity index (χ4v) is 0. The molecule has 0 saturated carbocycles. The zero-order chi connectivity index (χ0) is 31.5. The quantitative estimate of drug-likeness (QED) is 0.0791. The first-order valence-electron chi connectivity index (χ1n) is 4.89. The molecule has 0 aliphatic rings. The predicted molar refractivity (Wildman–Crippen MR) is 285 cm³/mol. The van der Waals surface area contributed by atoms with E-state index >= 15 is 0 Å². The van der Waals surface area contributed by atoms with E-state index in [-0.39, 0.29) is 768 Å². The van der Waals surface area contributed by atoms with Crippen LogP contribution in [0, 0.1) is 0 Å². The summed E-state index contributed by atoms with van der Waals surface area (Å²) in [6.45, 7) is 0. The van der Waals surface area contributed by atoms with E-state index in [4.69, 9.17) is 123 Å². The van der Waals surface area contributed by atoms with Crippen LogP contribution in [0.3, 0.4) is 0 Å². The zero-order valence-electron chi connectivity index (χ0n) is 14.8. The van der Waals surface area contributed by atoms with Gasteiger partial charge in [0, 0.05) is 0 Å². The molecule has 0 rings (SSSR count). The summed E-state index contributed by atoms with van der Waals surface area (Å²) in [5.41, 5.74) is 0. The molecule has 0 saturated heterocycles. The Kier molecular flexibility index (Phi) is 485. The van der Waals surface area contributed by atoms with Crippen molar-refractivity contribution in [2.45, 2.75) is 0 Å². The summed E-state index contributed by atoms with van der Waals surface area (Å²) in [6, 6.07) is 0. The molecule has 0 aliphatic carbocycles. The molecule has 0 aromatic carbocycles. The molecule has 0 aromatic rings. The molecule has 61 heteroatoms. The molecular formula is H40Na26O28S7. The van der Waals surface area contributed by atoms with Gasteiger partial charge in [-0.2, -0.15) is 58.9 Å². The van der Waals surface area contributed by atoms with Crippen molar-refractivity contribution in [2.75, 3.05) is 0 Å². The third-order valence-corrected chi connectivity index (χ3v) is 0. The molecule has 0 aliphatic heterocycles. The van der Waals surface area contributed by atoms with Crippen LogP contribution in [0.15, 0.2) is 0 Å². The Morgan fingerprint density at radius 3 is 0.115 bits per heavy atom. The van der Waals surface area contributed by atoms with Gasteiger partial charge >= 0.3 is 841 Å². The second kappa shape index (κ2) is 134. The van der Waals surface area contributed by atoms with Crippen molar-refractivity contribution < 1.29 is 123 Å². The van der Waals surface area contributed by atoms with Crippen molar-refractivity contribution in [3.05, 3.63) is 0 Å². The van der Waals surface area contributed by atoms with Crippen molar-refractivity contribution in [3.8, 4) is 0 Å². The summed E-state index contributed by atoms with van der Waals surface area (Å²) < 4.78 is 221. The van der Waals surface area contributed by atoms with Crippen molar-refractivity contribution in [1.29, 1.82) is 0 Å². The van der Waals surface area contributed by atoms with E-state index in [9.17, 15) is 0 Å². The number of hydrogen-bond donors (Lipinski definition) is 14. The van der Waals surface area contributed by atoms with Crippen molar-refractivity contribution in [2.24, 2.45) is 0 Å². The van der Waals surface area contributed by atoms with Gasteiger partial charge in [-0.05, 0) is 0 Å². The van der Waals surface area contributed by atoms with E-state index in [1.165, 1.54) is 0 Å². The second-order valence-corrected chi connectivity index (χ2v) is 9.40. The molecule has 61 heavy (non-hydrogen) atoms. The van der Waals surface area contributed by atoms with Crippen molar-refractivity contribution in [3.63, 3.8) is 0 Å². The molecule has 0 heterocycles. The van der Waals surface area contributed by atoms with Crippen LogP contribution in [-0.4, -0.2) is 891 Å². The summed E-state index contributed by atoms with van der Waals surface area (Å²) in [6.07, 6.45) is 0. The Labute approximate surface area is 934 Å². The van der Waals surface area contributed by atoms with Crippen LogP contribution in [0.25, 0.3) is 0 Å². The van der Waals surface area contributed by atoms with Gasteiger partial charge < -0.3 is 0 Å². The van der Waals surface area contributed by atoms with Gasteiger partial charge in [-0.1, -0.05) is 0 Å². The summed E-state index contributed by atoms with van der Waals surface area (Å²) in [5, 5.41) is 0. The Hall–Kier alpha value is 25.1. The first-order valence-corrected chi connectivity index (χ1v) is 14.7. The number of rotatable bonds is 0. The van der Waals surface area contributed by atoms with Gasteiger partial charge in [0.05, 0.1) is 0 Å². The molecule has 0 atom stereocenters. The molecule has 0 unspecified atom stereocenters. The van der Waals surface area contributed by atoms with Crippen LogP contribution >= 0.6 is 0 Å². The minimum absolute atomic E-state index is 0. The van der Waals surface area contributed by atoms with Gasteiger partial charge in [-0.3, -0.25) is 63.7 Å². The van der Waals surface area contributed by atoms with Gasteiger partial charge in [-0.15, -0.1) is 0 Å². The first kappa shape index (κ1) is 221. The second-order valence-electron chi connectivity index (χ2n) is 3.13. The summed E-state index contributed by atoms with van der Waals surface area (Å²) in [4.78, 5) is 0. The van der Waals surface area contributed by atoms with Gasteiger partial charge in [0.15, 0.2) is 0 Å². The van der Waals surface area contributed by atoms with Crippen LogP contribution in [0.4, 0.5) is 0 Å². The Balaban J connectivity index is -0.00000000452. The molecule has 0 bridgehead atoms. The van der Waals surface area contributed by atoms with Crippen LogP contribution in [0.5, 0.6) is 0 Å². The Morgan fingerprint density at radius 2 is 0.115 bits per heavy atom. The fraction of sp³-hybridized carbons (Fsp3) is 0. The fourth-order valence-electron chi connectivity index (χ4n) is 0. The number of hydrogen-bond acceptors (Lipinski definition) is 14. The normalized spacial score (nSPS) is 6.66. The van der Waals surface area contributed by atoms with E-state index in [0.717, 1.165) is 0 Å². The van der Waals surface area contributed by atoms with Crippen LogP contribution in [0.2, 0.25) is 0 Å². The molecular weight excluding hydrogens is 1270 g/mol. The van der Waals surface area contributed by atoms with Crippen LogP contribution in [-0.2, 0) is 72.8 Å². The molecule has 0 amide bonds. The molecule has 0 radical (unpaired) electrons. The van der Waals surface area contributed by atoms with E-state index in [2.05, 4.69) is 0 Å². The SMILES string of the molecule is O=S(=O)(O)O.O=S(=O)(O)O.O=S(=O)(O)O.O=S(=O)(O)O.O=S(=O)(O)O.O=S(=O)(O)O.O=S(=O)(O)O.[NaH].[NaH].[NaH].[NaH].[NaH].[NaH].[NaH].[NaH].[NaH].[NaH].[NaH].[NaH].[NaH].[NaH].[NaH].[NaH].[NaH].[NaH].[NaH].[NaH].[NaH].[NaH].[NaH].[NaH].[NaH].[NaH]. The predicted octanol–water partition coefficient (Wildman–Crippen LogP) is -21.4. The average Bonchev–Trinajstić information content (AvgIpc) is 2.06. The van der Waals surface area contributed by atoms with Gasteiger partial charge in [0.25, 0.3) is 0 Å². The maximum atomic E-state index is 8.74. The maximum absolute atomic E-state index is 8.74. The molecule has 0 aromatic heterocycles. The topological polar surface area (TPSA) is 522 Å². The van der Waals surface area contributed by atoms with E-state index in [1.807, 2.05) is 0 Å². The minimum atomic E-state index is -4.67. The Morgan fingerprint density at radius 1 is 0.115 bits per heavy atom. The summed E-state index contributed by atoms with van der Waals surface area (Å²) >= 11 is 0. The molecule has 276 valence electrons. The molecule has 28 nitrogen and oxygen atoms in total. The van der Waals surface area contributed by atoms with Gasteiger partial charge in [-0.25, -0.2) is 0 Å². The zero-order valence-corrected chi connectivity index (χ0v) is 20.5. The summed E-state index contributed by atoms with van der Waals surface area (Å²) in [5.74, 6) is 0. The van der Waals surface area contributed by atoms with Crippen molar-refractivity contribution >= 4 is 841 Å². The van der Waals surface area contributed by atoms with Crippen molar-refractivity contribution in [1.82, 2.24) is 0 Å².